The predicted octanol–water partition coefficient (Wildman–Crippen LogP) is 5.76. The van der Waals surface area contributed by atoms with E-state index >= 15 is 0 Å². The molecule has 2 heterocycles. The van der Waals surface area contributed by atoms with E-state index in [0.717, 1.165) is 33.3 Å². The van der Waals surface area contributed by atoms with Crippen molar-refractivity contribution in [3.63, 3.8) is 0 Å². The highest BCUT2D eigenvalue weighted by atomic mass is 16.5. The first-order chi connectivity index (χ1) is 19.2. The first-order valence-corrected chi connectivity index (χ1v) is 13.2. The van der Waals surface area contributed by atoms with Crippen molar-refractivity contribution < 1.29 is 19.4 Å². The van der Waals surface area contributed by atoms with Gasteiger partial charge in [-0.05, 0) is 49.1 Å². The Bertz CT molecular complexity index is 1750. The lowest BCUT2D eigenvalue weighted by Crippen LogP contribution is -2.59. The molecule has 0 bridgehead atoms. The number of ether oxygens (including phenoxy) is 1. The maximum absolute atomic E-state index is 14.4. The van der Waals surface area contributed by atoms with Crippen LogP contribution < -0.4 is 0 Å². The molecule has 200 valence electrons. The average Bonchev–Trinajstić information content (AvgIpc) is 3.31. The molecule has 7 heteroatoms. The number of nitrogens with zero attached hydrogens (tertiary/aromatic N) is 3. The summed E-state index contributed by atoms with van der Waals surface area (Å²) in [7, 11) is 1.35. The number of pyridine rings is 1. The van der Waals surface area contributed by atoms with Crippen molar-refractivity contribution >= 4 is 22.6 Å². The van der Waals surface area contributed by atoms with Gasteiger partial charge in [0.2, 0.25) is 0 Å². The fraction of sp³-hybridized carbons (Fsp3) is 0.212. The largest absolute Gasteiger partial charge is 0.465 e. The summed E-state index contributed by atoms with van der Waals surface area (Å²) in [6, 6.07) is 28.2. The van der Waals surface area contributed by atoms with Gasteiger partial charge < -0.3 is 9.84 Å². The molecule has 0 unspecified atom stereocenters. The Morgan fingerprint density at radius 1 is 0.900 bits per heavy atom. The number of fused-ring (bicyclic) bond motifs is 1. The van der Waals surface area contributed by atoms with E-state index in [0.29, 0.717) is 17.0 Å². The third kappa shape index (κ3) is 4.10. The van der Waals surface area contributed by atoms with Crippen LogP contribution in [-0.4, -0.2) is 38.9 Å². The number of carbonyl (C=O) groups excluding carboxylic acids is 2. The average molecular weight is 532 g/mol. The molecule has 6 rings (SSSR count). The monoisotopic (exact) mass is 531 g/mol. The molecule has 0 aliphatic heterocycles. The van der Waals surface area contributed by atoms with E-state index < -0.39 is 17.0 Å². The van der Waals surface area contributed by atoms with Crippen LogP contribution in [0.4, 0.5) is 0 Å². The van der Waals surface area contributed by atoms with Crippen LogP contribution in [0.3, 0.4) is 0 Å². The summed E-state index contributed by atoms with van der Waals surface area (Å²) in [6.07, 6.45) is 0.339. The van der Waals surface area contributed by atoms with Crippen molar-refractivity contribution in [1.82, 2.24) is 14.8 Å². The van der Waals surface area contributed by atoms with Gasteiger partial charge in [0, 0.05) is 29.5 Å². The Morgan fingerprint density at radius 2 is 1.57 bits per heavy atom. The third-order valence-corrected chi connectivity index (χ3v) is 7.91. The third-order valence-electron chi connectivity index (χ3n) is 7.91. The molecule has 0 amide bonds. The zero-order chi connectivity index (χ0) is 28.1. The van der Waals surface area contributed by atoms with Crippen LogP contribution in [0.15, 0.2) is 91.0 Å². The van der Waals surface area contributed by atoms with E-state index in [1.165, 1.54) is 11.8 Å². The number of aromatic nitrogens is 3. The lowest BCUT2D eigenvalue weighted by atomic mass is 9.54. The molecule has 1 N–H and O–H groups in total. The van der Waals surface area contributed by atoms with Gasteiger partial charge in [0.25, 0.3) is 5.91 Å². The van der Waals surface area contributed by atoms with E-state index in [-0.39, 0.29) is 18.7 Å². The highest BCUT2D eigenvalue weighted by Crippen LogP contribution is 2.57. The maximum atomic E-state index is 14.4. The second kappa shape index (κ2) is 9.54. The summed E-state index contributed by atoms with van der Waals surface area (Å²) >= 11 is 0. The van der Waals surface area contributed by atoms with Gasteiger partial charge in [-0.15, -0.1) is 0 Å². The molecule has 1 saturated carbocycles. The van der Waals surface area contributed by atoms with Crippen LogP contribution in [0.1, 0.15) is 50.6 Å². The van der Waals surface area contributed by atoms with Crippen LogP contribution in [0.2, 0.25) is 0 Å². The second-order valence-electron chi connectivity index (χ2n) is 10.6. The Hall–Kier alpha value is -4.62. The Kier molecular flexibility index (Phi) is 6.11. The van der Waals surface area contributed by atoms with Crippen molar-refractivity contribution in [2.75, 3.05) is 7.11 Å². The van der Waals surface area contributed by atoms with Crippen LogP contribution in [-0.2, 0) is 15.8 Å². The van der Waals surface area contributed by atoms with E-state index in [1.54, 1.807) is 12.1 Å². The number of hydrogen-bond donors (Lipinski definition) is 1. The number of aryl methyl sites for hydroxylation is 2. The fourth-order valence-corrected chi connectivity index (χ4v) is 5.96. The summed E-state index contributed by atoms with van der Waals surface area (Å²) < 4.78 is 6.29. The molecule has 0 spiro atoms. The Morgan fingerprint density at radius 3 is 2.23 bits per heavy atom. The molecule has 3 aromatic carbocycles. The van der Waals surface area contributed by atoms with Gasteiger partial charge in [0.05, 0.1) is 35.4 Å². The molecular formula is C33H29N3O4. The molecule has 5 aromatic rings. The first kappa shape index (κ1) is 25.6. The van der Waals surface area contributed by atoms with Crippen LogP contribution in [0.5, 0.6) is 0 Å². The summed E-state index contributed by atoms with van der Waals surface area (Å²) in [5.41, 5.74) is 2.46. The number of carbonyl (C=O) groups is 2. The lowest BCUT2D eigenvalue weighted by molar-refractivity contribution is -0.0880. The molecular weight excluding hydrogens is 502 g/mol. The minimum atomic E-state index is -1.19. The van der Waals surface area contributed by atoms with Gasteiger partial charge >= 0.3 is 5.97 Å². The zero-order valence-electron chi connectivity index (χ0n) is 22.6. The van der Waals surface area contributed by atoms with E-state index in [9.17, 15) is 14.7 Å². The van der Waals surface area contributed by atoms with Crippen molar-refractivity contribution in [2.24, 2.45) is 0 Å². The minimum absolute atomic E-state index is 0.170. The molecule has 0 radical (unpaired) electrons. The molecule has 40 heavy (non-hydrogen) atoms. The van der Waals surface area contributed by atoms with E-state index in [4.69, 9.17) is 9.72 Å². The highest BCUT2D eigenvalue weighted by molar-refractivity contribution is 5.98. The number of aliphatic hydroxyl groups is 1. The van der Waals surface area contributed by atoms with Gasteiger partial charge in [0.15, 0.2) is 0 Å². The zero-order valence-corrected chi connectivity index (χ0v) is 22.6. The molecule has 1 aliphatic rings. The van der Waals surface area contributed by atoms with Gasteiger partial charge in [0.1, 0.15) is 5.41 Å². The maximum Gasteiger partial charge on any atom is 0.337 e. The predicted molar refractivity (Wildman–Crippen MR) is 152 cm³/mol. The van der Waals surface area contributed by atoms with Crippen molar-refractivity contribution in [2.45, 2.75) is 37.7 Å². The summed E-state index contributed by atoms with van der Waals surface area (Å²) in [5.74, 6) is -0.627. The summed E-state index contributed by atoms with van der Waals surface area (Å²) in [6.45, 7) is 3.72. The fourth-order valence-electron chi connectivity index (χ4n) is 5.96. The molecule has 7 nitrogen and oxygen atoms in total. The molecule has 1 fully saturated rings. The van der Waals surface area contributed by atoms with E-state index in [2.05, 4.69) is 5.10 Å². The first-order valence-electron chi connectivity index (χ1n) is 13.2. The van der Waals surface area contributed by atoms with Gasteiger partial charge in [-0.2, -0.15) is 5.10 Å². The number of hydrogen-bond acceptors (Lipinski definition) is 6. The SMILES string of the molecule is COC(=O)c1ccc(-c2cc3ccccc3c(C3(C(=O)n4nc(C)cc4C)CC(O)(c4ccccc4)C3)n2)cc1. The molecule has 0 saturated heterocycles. The van der Waals surface area contributed by atoms with Crippen molar-refractivity contribution in [3.05, 3.63) is 119 Å². The lowest BCUT2D eigenvalue weighted by Gasteiger charge is -2.52. The number of esters is 1. The number of rotatable bonds is 5. The van der Waals surface area contributed by atoms with Gasteiger partial charge in [-0.25, -0.2) is 9.48 Å². The Balaban J connectivity index is 1.54. The van der Waals surface area contributed by atoms with Crippen LogP contribution in [0.25, 0.3) is 22.0 Å². The summed E-state index contributed by atoms with van der Waals surface area (Å²) in [4.78, 5) is 31.5. The van der Waals surface area contributed by atoms with Crippen molar-refractivity contribution in [3.8, 4) is 11.3 Å². The topological polar surface area (TPSA) is 94.3 Å². The number of methoxy groups -OCH3 is 1. The molecule has 0 atom stereocenters. The highest BCUT2D eigenvalue weighted by Gasteiger charge is 2.62. The van der Waals surface area contributed by atoms with Crippen LogP contribution in [0, 0.1) is 13.8 Å². The summed E-state index contributed by atoms with van der Waals surface area (Å²) in [5, 5.41) is 18.0. The van der Waals surface area contributed by atoms with Crippen molar-refractivity contribution in [1.29, 1.82) is 0 Å². The minimum Gasteiger partial charge on any atom is -0.465 e. The quantitative estimate of drug-likeness (QED) is 0.290. The van der Waals surface area contributed by atoms with Gasteiger partial charge in [-0.3, -0.25) is 9.78 Å². The molecule has 1 aliphatic carbocycles. The van der Waals surface area contributed by atoms with Gasteiger partial charge in [-0.1, -0.05) is 66.7 Å². The standard InChI is InChI=1S/C33H29N3O4/c1-21-17-22(2)36(35-21)31(38)32(19-33(39,20-32)26-10-5-4-6-11-26)29-27-12-8-7-9-25(27)18-28(34-29)23-13-15-24(16-14-23)30(37)40-3/h4-18,39H,19-20H2,1-3H3. The molecule has 2 aromatic heterocycles. The van der Waals surface area contributed by atoms with E-state index in [1.807, 2.05) is 92.7 Å². The van der Waals surface area contributed by atoms with Crippen LogP contribution >= 0.6 is 0 Å². The Labute approximate surface area is 232 Å². The smallest absolute Gasteiger partial charge is 0.337 e. The second-order valence-corrected chi connectivity index (χ2v) is 10.6. The normalized spacial score (nSPS) is 20.2. The number of benzene rings is 3.